The number of morpholine rings is 1. The first-order valence-corrected chi connectivity index (χ1v) is 5.62. The van der Waals surface area contributed by atoms with Gasteiger partial charge in [0.05, 0.1) is 32.3 Å². The predicted molar refractivity (Wildman–Crippen MR) is 57.7 cm³/mol. The second-order valence-electron chi connectivity index (χ2n) is 3.62. The highest BCUT2D eigenvalue weighted by molar-refractivity contribution is 5.69. The van der Waals surface area contributed by atoms with Crippen LogP contribution in [0, 0.1) is 0 Å². The molecule has 1 saturated heterocycles. The van der Waals surface area contributed by atoms with Gasteiger partial charge in [-0.25, -0.2) is 5.01 Å². The molecule has 1 aliphatic heterocycles. The Morgan fingerprint density at radius 2 is 2.25 bits per heavy atom. The lowest BCUT2D eigenvalue weighted by Gasteiger charge is -2.28. The Labute approximate surface area is 95.5 Å². The van der Waals surface area contributed by atoms with Crippen molar-refractivity contribution in [3.63, 3.8) is 0 Å². The maximum Gasteiger partial charge on any atom is 0.308 e. The van der Waals surface area contributed by atoms with E-state index in [1.54, 1.807) is 6.92 Å². The van der Waals surface area contributed by atoms with Crippen LogP contribution < -0.4 is 5.43 Å². The monoisotopic (exact) mass is 232 g/mol. The number of nitrogens with one attached hydrogen (secondary N) is 1. The van der Waals surface area contributed by atoms with Crippen LogP contribution in [0.25, 0.3) is 0 Å². The normalized spacial score (nSPS) is 19.4. The zero-order valence-corrected chi connectivity index (χ0v) is 9.65. The molecule has 0 aromatic rings. The van der Waals surface area contributed by atoms with Crippen molar-refractivity contribution in [3.8, 4) is 0 Å². The molecule has 94 valence electrons. The van der Waals surface area contributed by atoms with Crippen molar-refractivity contribution in [3.05, 3.63) is 0 Å². The molecule has 1 aliphatic rings. The van der Waals surface area contributed by atoms with Gasteiger partial charge in [0, 0.05) is 19.6 Å². The molecule has 1 rings (SSSR count). The van der Waals surface area contributed by atoms with Crippen molar-refractivity contribution >= 4 is 5.97 Å². The van der Waals surface area contributed by atoms with Gasteiger partial charge in [-0.2, -0.15) is 0 Å². The standard InChI is InChI=1S/C10H20N2O4/c1-2-16-10(14)7-9(13)8-11-12-3-5-15-6-4-12/h9,11,13H,2-8H2,1H3. The molecule has 0 saturated carbocycles. The average Bonchev–Trinajstić information content (AvgIpc) is 2.28. The molecular formula is C10H20N2O4. The molecule has 2 N–H and O–H groups in total. The van der Waals surface area contributed by atoms with E-state index in [-0.39, 0.29) is 12.4 Å². The molecule has 1 atom stereocenters. The maximum atomic E-state index is 11.1. The molecule has 16 heavy (non-hydrogen) atoms. The number of hydrogen-bond acceptors (Lipinski definition) is 6. The van der Waals surface area contributed by atoms with Crippen LogP contribution >= 0.6 is 0 Å². The summed E-state index contributed by atoms with van der Waals surface area (Å²) in [7, 11) is 0. The van der Waals surface area contributed by atoms with Crippen LogP contribution in [0.15, 0.2) is 0 Å². The minimum absolute atomic E-state index is 0.0329. The highest BCUT2D eigenvalue weighted by Gasteiger charge is 2.14. The van der Waals surface area contributed by atoms with Crippen LogP contribution in [0.5, 0.6) is 0 Å². The number of aliphatic hydroxyl groups is 1. The summed E-state index contributed by atoms with van der Waals surface area (Å²) in [5, 5.41) is 11.5. The number of carbonyl (C=O) groups is 1. The lowest BCUT2D eigenvalue weighted by atomic mass is 10.2. The largest absolute Gasteiger partial charge is 0.466 e. The molecular weight excluding hydrogens is 212 g/mol. The molecule has 6 heteroatoms. The summed E-state index contributed by atoms with van der Waals surface area (Å²) in [6.45, 7) is 5.44. The van der Waals surface area contributed by atoms with E-state index < -0.39 is 6.10 Å². The summed E-state index contributed by atoms with van der Waals surface area (Å²) < 4.78 is 9.93. The van der Waals surface area contributed by atoms with E-state index in [4.69, 9.17) is 9.47 Å². The van der Waals surface area contributed by atoms with E-state index in [0.29, 0.717) is 26.4 Å². The van der Waals surface area contributed by atoms with Crippen molar-refractivity contribution in [1.82, 2.24) is 10.4 Å². The lowest BCUT2D eigenvalue weighted by molar-refractivity contribution is -0.145. The van der Waals surface area contributed by atoms with Crippen LogP contribution in [0.4, 0.5) is 0 Å². The molecule has 0 bridgehead atoms. The maximum absolute atomic E-state index is 11.1. The van der Waals surface area contributed by atoms with Gasteiger partial charge in [-0.1, -0.05) is 0 Å². The number of nitrogens with zero attached hydrogens (tertiary/aromatic N) is 1. The summed E-state index contributed by atoms with van der Waals surface area (Å²) in [6, 6.07) is 0. The number of aliphatic hydroxyl groups excluding tert-OH is 1. The molecule has 1 fully saturated rings. The SMILES string of the molecule is CCOC(=O)CC(O)CNN1CCOCC1. The van der Waals surface area contributed by atoms with E-state index in [0.717, 1.165) is 13.1 Å². The fourth-order valence-electron chi connectivity index (χ4n) is 1.44. The van der Waals surface area contributed by atoms with Crippen LogP contribution in [-0.4, -0.2) is 61.6 Å². The van der Waals surface area contributed by atoms with Gasteiger partial charge in [-0.3, -0.25) is 10.2 Å². The number of carbonyl (C=O) groups excluding carboxylic acids is 1. The second-order valence-corrected chi connectivity index (χ2v) is 3.62. The quantitative estimate of drug-likeness (QED) is 0.581. The Kier molecular flexibility index (Phi) is 6.32. The summed E-state index contributed by atoms with van der Waals surface area (Å²) in [6.07, 6.45) is -0.674. The molecule has 0 radical (unpaired) electrons. The Morgan fingerprint density at radius 3 is 2.88 bits per heavy atom. The number of ether oxygens (including phenoxy) is 2. The second kappa shape index (κ2) is 7.56. The Morgan fingerprint density at radius 1 is 1.56 bits per heavy atom. The highest BCUT2D eigenvalue weighted by Crippen LogP contribution is 1.96. The first kappa shape index (κ1) is 13.4. The fourth-order valence-corrected chi connectivity index (χ4v) is 1.44. The van der Waals surface area contributed by atoms with Crippen molar-refractivity contribution in [2.75, 3.05) is 39.5 Å². The first-order valence-electron chi connectivity index (χ1n) is 5.62. The fraction of sp³-hybridized carbons (Fsp3) is 0.900. The summed E-state index contributed by atoms with van der Waals surface area (Å²) >= 11 is 0. The summed E-state index contributed by atoms with van der Waals surface area (Å²) in [5.41, 5.74) is 3.06. The smallest absolute Gasteiger partial charge is 0.308 e. The number of esters is 1. The van der Waals surface area contributed by atoms with Gasteiger partial charge in [0.2, 0.25) is 0 Å². The molecule has 0 amide bonds. The molecule has 0 aliphatic carbocycles. The number of hydrogen-bond donors (Lipinski definition) is 2. The lowest BCUT2D eigenvalue weighted by Crippen LogP contribution is -2.48. The van der Waals surface area contributed by atoms with Gasteiger partial charge in [-0.05, 0) is 6.92 Å². The number of rotatable bonds is 6. The van der Waals surface area contributed by atoms with Gasteiger partial charge >= 0.3 is 5.97 Å². The summed E-state index contributed by atoms with van der Waals surface area (Å²) in [5.74, 6) is -0.362. The molecule has 0 spiro atoms. The van der Waals surface area contributed by atoms with Crippen molar-refractivity contribution in [1.29, 1.82) is 0 Å². The topological polar surface area (TPSA) is 71.0 Å². The van der Waals surface area contributed by atoms with Gasteiger partial charge in [0.25, 0.3) is 0 Å². The van der Waals surface area contributed by atoms with Gasteiger partial charge in [0.15, 0.2) is 0 Å². The third kappa shape index (κ3) is 5.41. The molecule has 6 nitrogen and oxygen atoms in total. The van der Waals surface area contributed by atoms with Crippen molar-refractivity contribution in [2.24, 2.45) is 0 Å². The highest BCUT2D eigenvalue weighted by atomic mass is 16.5. The van der Waals surface area contributed by atoms with Crippen molar-refractivity contribution in [2.45, 2.75) is 19.4 Å². The minimum atomic E-state index is -0.707. The average molecular weight is 232 g/mol. The zero-order valence-electron chi connectivity index (χ0n) is 9.65. The zero-order chi connectivity index (χ0) is 11.8. The molecule has 1 unspecified atom stereocenters. The van der Waals surface area contributed by atoms with Crippen molar-refractivity contribution < 1.29 is 19.4 Å². The van der Waals surface area contributed by atoms with E-state index in [9.17, 15) is 9.90 Å². The minimum Gasteiger partial charge on any atom is -0.466 e. The van der Waals surface area contributed by atoms with Crippen LogP contribution in [0.1, 0.15) is 13.3 Å². The van der Waals surface area contributed by atoms with Gasteiger partial charge in [0.1, 0.15) is 0 Å². The third-order valence-corrected chi connectivity index (χ3v) is 2.27. The first-order chi connectivity index (χ1) is 7.72. The van der Waals surface area contributed by atoms with Crippen LogP contribution in [0.2, 0.25) is 0 Å². The van der Waals surface area contributed by atoms with E-state index in [1.165, 1.54) is 0 Å². The van der Waals surface area contributed by atoms with Gasteiger partial charge in [-0.15, -0.1) is 0 Å². The predicted octanol–water partition coefficient (Wildman–Crippen LogP) is -0.863. The van der Waals surface area contributed by atoms with Crippen LogP contribution in [-0.2, 0) is 14.3 Å². The Balaban J connectivity index is 2.08. The van der Waals surface area contributed by atoms with E-state index in [1.807, 2.05) is 5.01 Å². The molecule has 0 aromatic heterocycles. The van der Waals surface area contributed by atoms with Crippen LogP contribution in [0.3, 0.4) is 0 Å². The number of hydrazine groups is 1. The van der Waals surface area contributed by atoms with E-state index in [2.05, 4.69) is 5.43 Å². The van der Waals surface area contributed by atoms with E-state index >= 15 is 0 Å². The Bertz CT molecular complexity index is 207. The van der Waals surface area contributed by atoms with Gasteiger partial charge < -0.3 is 14.6 Å². The Hall–Kier alpha value is -0.690. The summed E-state index contributed by atoms with van der Waals surface area (Å²) in [4.78, 5) is 11.1. The third-order valence-electron chi connectivity index (χ3n) is 2.27. The molecule has 0 aromatic carbocycles. The molecule has 1 heterocycles.